The Bertz CT molecular complexity index is 1260. The summed E-state index contributed by atoms with van der Waals surface area (Å²) in [4.78, 5) is 55.7. The Kier molecular flexibility index (Phi) is 20.4. The molecule has 16 nitrogen and oxygen atoms in total. The molecule has 2 aromatic rings. The van der Waals surface area contributed by atoms with Gasteiger partial charge < -0.3 is 42.2 Å². The topological polar surface area (TPSA) is 238 Å². The monoisotopic (exact) mass is 714 g/mol. The summed E-state index contributed by atoms with van der Waals surface area (Å²) >= 11 is 2.11. The summed E-state index contributed by atoms with van der Waals surface area (Å²) in [7, 11) is 2.92. The van der Waals surface area contributed by atoms with Crippen molar-refractivity contribution in [1.82, 2.24) is 29.3 Å². The molecule has 2 rings (SSSR count). The predicted molar refractivity (Wildman–Crippen MR) is 188 cm³/mol. The van der Waals surface area contributed by atoms with E-state index in [-0.39, 0.29) is 60.3 Å². The van der Waals surface area contributed by atoms with E-state index in [2.05, 4.69) is 67.7 Å². The highest BCUT2D eigenvalue weighted by Crippen LogP contribution is 2.18. The molecule has 0 saturated heterocycles. The number of hydrogen-bond donors (Lipinski definition) is 6. The first kappa shape index (κ1) is 42.5. The Morgan fingerprint density at radius 1 is 0.729 bits per heavy atom. The van der Waals surface area contributed by atoms with Crippen LogP contribution in [0, 0.1) is 23.7 Å². The van der Waals surface area contributed by atoms with E-state index in [0.717, 1.165) is 35.9 Å². The summed E-state index contributed by atoms with van der Waals surface area (Å²) in [5.74, 6) is 0.227. The van der Waals surface area contributed by atoms with E-state index in [0.29, 0.717) is 48.0 Å². The van der Waals surface area contributed by atoms with Gasteiger partial charge in [0.2, 0.25) is 33.9 Å². The first-order valence-corrected chi connectivity index (χ1v) is 17.6. The van der Waals surface area contributed by atoms with Crippen molar-refractivity contribution < 1.29 is 28.7 Å². The molecular formula is C30H54N10O6S2. The number of rotatable bonds is 20. The van der Waals surface area contributed by atoms with Gasteiger partial charge in [-0.25, -0.2) is 0 Å². The highest BCUT2D eigenvalue weighted by atomic mass is 32.1. The van der Waals surface area contributed by atoms with Crippen molar-refractivity contribution in [3.05, 3.63) is 0 Å². The minimum Gasteiger partial charge on any atom is -0.466 e. The van der Waals surface area contributed by atoms with Crippen molar-refractivity contribution >= 4 is 57.0 Å². The summed E-state index contributed by atoms with van der Waals surface area (Å²) in [6.45, 7) is 13.4. The highest BCUT2D eigenvalue weighted by molar-refractivity contribution is 7.10. The van der Waals surface area contributed by atoms with Gasteiger partial charge in [-0.15, -0.1) is 8.75 Å². The molecular weight excluding hydrogens is 661 g/mol. The van der Waals surface area contributed by atoms with Crippen molar-refractivity contribution in [3.8, 4) is 12.0 Å². The number of amides is 4. The molecule has 0 bridgehead atoms. The maximum Gasteiger partial charge on any atom is 0.329 e. The molecule has 0 aliphatic carbocycles. The smallest absolute Gasteiger partial charge is 0.329 e. The molecule has 4 atom stereocenters. The SMILES string of the molecule is COc1nsc(NC(=O)CC(C)C[C@H](N)C(=O)NCCC(C)C)n1.COc1nsc(NC(=O)CC[C@H](C)[C@H](N)C(=O)NCCC(C)C)n1. The van der Waals surface area contributed by atoms with Crippen LogP contribution in [0.4, 0.5) is 10.3 Å². The normalized spacial score (nSPS) is 13.4. The fourth-order valence-electron chi connectivity index (χ4n) is 3.99. The van der Waals surface area contributed by atoms with Gasteiger partial charge in [-0.1, -0.05) is 41.5 Å². The number of nitrogens with one attached hydrogen (secondary N) is 4. The van der Waals surface area contributed by atoms with E-state index in [4.69, 9.17) is 20.9 Å². The average molecular weight is 715 g/mol. The maximum atomic E-state index is 12.0. The van der Waals surface area contributed by atoms with Crippen LogP contribution in [-0.2, 0) is 19.2 Å². The van der Waals surface area contributed by atoms with Crippen LogP contribution in [-0.4, -0.2) is 81.7 Å². The van der Waals surface area contributed by atoms with Crippen molar-refractivity contribution in [2.45, 2.75) is 92.2 Å². The number of hydrogen-bond acceptors (Lipinski definition) is 14. The molecule has 8 N–H and O–H groups in total. The second-order valence-corrected chi connectivity index (χ2v) is 13.9. The van der Waals surface area contributed by atoms with E-state index in [1.54, 1.807) is 0 Å². The number of ether oxygens (including phenoxy) is 2. The van der Waals surface area contributed by atoms with Crippen LogP contribution in [0.25, 0.3) is 0 Å². The van der Waals surface area contributed by atoms with Gasteiger partial charge in [0, 0.05) is 49.0 Å². The van der Waals surface area contributed by atoms with Gasteiger partial charge in [-0.3, -0.25) is 19.2 Å². The molecule has 0 aliphatic heterocycles. The van der Waals surface area contributed by atoms with E-state index < -0.39 is 12.1 Å². The van der Waals surface area contributed by atoms with Crippen LogP contribution in [0.1, 0.15) is 80.1 Å². The maximum absolute atomic E-state index is 12.0. The Morgan fingerprint density at radius 2 is 1.21 bits per heavy atom. The molecule has 2 aromatic heterocycles. The zero-order valence-electron chi connectivity index (χ0n) is 29.3. The van der Waals surface area contributed by atoms with Crippen LogP contribution < -0.4 is 42.2 Å². The lowest BCUT2D eigenvalue weighted by molar-refractivity contribution is -0.124. The van der Waals surface area contributed by atoms with Crippen LogP contribution >= 0.6 is 23.1 Å². The highest BCUT2D eigenvalue weighted by Gasteiger charge is 2.22. The summed E-state index contributed by atoms with van der Waals surface area (Å²) in [5.41, 5.74) is 11.9. The van der Waals surface area contributed by atoms with Crippen LogP contribution in [0.15, 0.2) is 0 Å². The molecule has 2 heterocycles. The Hall–Kier alpha value is -3.48. The fourth-order valence-corrected chi connectivity index (χ4v) is 5.11. The summed E-state index contributed by atoms with van der Waals surface area (Å²) in [6, 6.07) is -0.777. The molecule has 48 heavy (non-hydrogen) atoms. The second kappa shape index (κ2) is 23.0. The van der Waals surface area contributed by atoms with Crippen LogP contribution in [0.2, 0.25) is 0 Å². The number of aromatic nitrogens is 4. The quantitative estimate of drug-likeness (QED) is 0.116. The Labute approximate surface area is 291 Å². The third-order valence-electron chi connectivity index (χ3n) is 6.98. The molecule has 0 radical (unpaired) electrons. The lowest BCUT2D eigenvalue weighted by Gasteiger charge is -2.19. The molecule has 0 spiro atoms. The number of nitrogens with zero attached hydrogens (tertiary/aromatic N) is 4. The molecule has 272 valence electrons. The van der Waals surface area contributed by atoms with Crippen LogP contribution in [0.3, 0.4) is 0 Å². The first-order valence-electron chi connectivity index (χ1n) is 16.1. The predicted octanol–water partition coefficient (Wildman–Crippen LogP) is 2.78. The second-order valence-electron chi connectivity index (χ2n) is 12.4. The number of methoxy groups -OCH3 is 2. The van der Waals surface area contributed by atoms with E-state index in [1.807, 2.05) is 13.8 Å². The number of carbonyl (C=O) groups is 4. The van der Waals surface area contributed by atoms with Crippen molar-refractivity contribution in [2.24, 2.45) is 35.1 Å². The lowest BCUT2D eigenvalue weighted by Crippen LogP contribution is -2.45. The summed E-state index contributed by atoms with van der Waals surface area (Å²) in [5, 5.41) is 11.8. The van der Waals surface area contributed by atoms with Gasteiger partial charge in [0.25, 0.3) is 0 Å². The number of carbonyl (C=O) groups excluding carboxylic acids is 4. The number of nitrogens with two attached hydrogens (primary N) is 2. The minimum absolute atomic E-state index is 0.0225. The van der Waals surface area contributed by atoms with Crippen molar-refractivity contribution in [2.75, 3.05) is 37.9 Å². The summed E-state index contributed by atoms with van der Waals surface area (Å²) in [6.07, 6.45) is 3.31. The average Bonchev–Trinajstić information content (AvgIpc) is 3.68. The third kappa shape index (κ3) is 18.2. The number of anilines is 2. The summed E-state index contributed by atoms with van der Waals surface area (Å²) < 4.78 is 17.5. The molecule has 0 fully saturated rings. The van der Waals surface area contributed by atoms with Gasteiger partial charge in [-0.05, 0) is 49.4 Å². The van der Waals surface area contributed by atoms with Crippen LogP contribution in [0.5, 0.6) is 12.0 Å². The Morgan fingerprint density at radius 3 is 1.67 bits per heavy atom. The Balaban J connectivity index is 0.000000480. The zero-order chi connectivity index (χ0) is 36.2. The molecule has 0 aliphatic rings. The third-order valence-corrected chi connectivity index (χ3v) is 8.21. The van der Waals surface area contributed by atoms with E-state index in [1.165, 1.54) is 14.2 Å². The lowest BCUT2D eigenvalue weighted by atomic mass is 9.96. The van der Waals surface area contributed by atoms with Crippen molar-refractivity contribution in [3.63, 3.8) is 0 Å². The molecule has 0 saturated carbocycles. The molecule has 1 unspecified atom stereocenters. The first-order chi connectivity index (χ1) is 22.6. The molecule has 0 aromatic carbocycles. The van der Waals surface area contributed by atoms with E-state index in [9.17, 15) is 19.2 Å². The largest absolute Gasteiger partial charge is 0.466 e. The molecule has 4 amide bonds. The minimum atomic E-state index is -0.619. The van der Waals surface area contributed by atoms with Gasteiger partial charge in [-0.2, -0.15) is 9.97 Å². The van der Waals surface area contributed by atoms with Gasteiger partial charge in [0.15, 0.2) is 0 Å². The zero-order valence-corrected chi connectivity index (χ0v) is 31.0. The van der Waals surface area contributed by atoms with Gasteiger partial charge >= 0.3 is 12.0 Å². The van der Waals surface area contributed by atoms with Gasteiger partial charge in [0.1, 0.15) is 0 Å². The fraction of sp³-hybridized carbons (Fsp3) is 0.733. The van der Waals surface area contributed by atoms with Gasteiger partial charge in [0.05, 0.1) is 26.3 Å². The van der Waals surface area contributed by atoms with Crippen molar-refractivity contribution in [1.29, 1.82) is 0 Å². The standard InChI is InChI=1S/2C15H27N5O3S/c1-9(2)5-6-17-13(22)11(16)7-10(3)8-12(21)18-15-19-14(23-4)20-24-15;1-9(2)7-8-17-13(22)12(16)10(3)5-6-11(21)18-15-19-14(23-4)20-24-15/h9-11H,5-8,16H2,1-4H3,(H,17,22)(H,18,19,20,21);9-10,12H,5-8,16H2,1-4H3,(H,17,22)(H,18,19,20,21)/t10?,11-;10-,12-/m00/s1. The molecule has 18 heteroatoms. The van der Waals surface area contributed by atoms with E-state index >= 15 is 0 Å².